The molecular formula is C12H21NO3S. The summed E-state index contributed by atoms with van der Waals surface area (Å²) in [5, 5.41) is 0.309. The van der Waals surface area contributed by atoms with Gasteiger partial charge in [0.25, 0.3) is 0 Å². The largest absolute Gasteiger partial charge is 0.444 e. The van der Waals surface area contributed by atoms with E-state index in [4.69, 9.17) is 4.74 Å². The van der Waals surface area contributed by atoms with Crippen LogP contribution in [0, 0.1) is 0 Å². The molecule has 1 aliphatic rings. The molecule has 0 aromatic rings. The first-order chi connectivity index (χ1) is 7.69. The summed E-state index contributed by atoms with van der Waals surface area (Å²) < 4.78 is 5.34. The zero-order valence-corrected chi connectivity index (χ0v) is 12.0. The number of carbonyl (C=O) groups excluding carboxylic acids is 2. The van der Waals surface area contributed by atoms with E-state index >= 15 is 0 Å². The van der Waals surface area contributed by atoms with Crippen molar-refractivity contribution in [3.05, 3.63) is 0 Å². The summed E-state index contributed by atoms with van der Waals surface area (Å²) >= 11 is 1.32. The smallest absolute Gasteiger partial charge is 0.410 e. The monoisotopic (exact) mass is 259 g/mol. The Morgan fingerprint density at radius 3 is 2.41 bits per heavy atom. The molecule has 1 saturated heterocycles. The third kappa shape index (κ3) is 4.58. The molecule has 1 heterocycles. The van der Waals surface area contributed by atoms with E-state index in [9.17, 15) is 9.59 Å². The number of carbonyl (C=O) groups is 2. The Morgan fingerprint density at radius 1 is 1.35 bits per heavy atom. The first kappa shape index (κ1) is 14.4. The molecule has 1 aliphatic heterocycles. The van der Waals surface area contributed by atoms with Gasteiger partial charge in [0, 0.05) is 24.8 Å². The van der Waals surface area contributed by atoms with Gasteiger partial charge in [-0.15, -0.1) is 0 Å². The summed E-state index contributed by atoms with van der Waals surface area (Å²) in [7, 11) is 0. The minimum atomic E-state index is -0.470. The molecule has 0 bridgehead atoms. The van der Waals surface area contributed by atoms with Gasteiger partial charge in [-0.1, -0.05) is 11.8 Å². The Balaban J connectivity index is 2.55. The van der Waals surface area contributed by atoms with Gasteiger partial charge < -0.3 is 9.64 Å². The highest BCUT2D eigenvalue weighted by Crippen LogP contribution is 2.28. The number of amides is 1. The average molecular weight is 259 g/mol. The molecule has 1 amide bonds. The number of nitrogens with zero attached hydrogens (tertiary/aromatic N) is 1. The van der Waals surface area contributed by atoms with Gasteiger partial charge in [-0.2, -0.15) is 0 Å². The number of hydrogen-bond acceptors (Lipinski definition) is 4. The fourth-order valence-corrected chi connectivity index (χ4v) is 2.96. The Kier molecular flexibility index (Phi) is 4.47. The number of likely N-dealkylation sites (tertiary alicyclic amines) is 1. The van der Waals surface area contributed by atoms with Gasteiger partial charge in [-0.25, -0.2) is 4.79 Å². The van der Waals surface area contributed by atoms with Crippen LogP contribution in [0.25, 0.3) is 0 Å². The van der Waals surface area contributed by atoms with Crippen molar-refractivity contribution in [2.75, 3.05) is 6.54 Å². The Labute approximate surface area is 107 Å². The summed E-state index contributed by atoms with van der Waals surface area (Å²) in [5.41, 5.74) is -0.470. The fraction of sp³-hybridized carbons (Fsp3) is 0.833. The lowest BCUT2D eigenvalue weighted by Gasteiger charge is -2.26. The maximum atomic E-state index is 11.9. The Morgan fingerprint density at radius 2 is 1.94 bits per heavy atom. The molecule has 0 N–H and O–H groups in total. The van der Waals surface area contributed by atoms with E-state index in [1.165, 1.54) is 11.8 Å². The van der Waals surface area contributed by atoms with Crippen molar-refractivity contribution in [1.29, 1.82) is 0 Å². The molecule has 5 heteroatoms. The van der Waals surface area contributed by atoms with Crippen LogP contribution in [-0.2, 0) is 9.53 Å². The normalized spacial score (nSPS) is 24.9. The Bertz CT molecular complexity index is 311. The van der Waals surface area contributed by atoms with Gasteiger partial charge >= 0.3 is 6.09 Å². The highest BCUT2D eigenvalue weighted by atomic mass is 32.2. The third-order valence-electron chi connectivity index (χ3n) is 2.50. The van der Waals surface area contributed by atoms with E-state index in [0.717, 1.165) is 6.42 Å². The molecule has 17 heavy (non-hydrogen) atoms. The van der Waals surface area contributed by atoms with Crippen LogP contribution in [0.15, 0.2) is 0 Å². The van der Waals surface area contributed by atoms with Crippen LogP contribution in [0.2, 0.25) is 0 Å². The molecule has 0 spiro atoms. The van der Waals surface area contributed by atoms with Gasteiger partial charge in [-0.3, -0.25) is 4.79 Å². The molecule has 0 radical (unpaired) electrons. The van der Waals surface area contributed by atoms with Crippen molar-refractivity contribution in [3.8, 4) is 0 Å². The van der Waals surface area contributed by atoms with E-state index in [1.807, 2.05) is 27.7 Å². The van der Waals surface area contributed by atoms with Crippen LogP contribution < -0.4 is 0 Å². The van der Waals surface area contributed by atoms with Gasteiger partial charge in [0.2, 0.25) is 0 Å². The summed E-state index contributed by atoms with van der Waals surface area (Å²) in [4.78, 5) is 24.7. The summed E-state index contributed by atoms with van der Waals surface area (Å²) in [6.07, 6.45) is 0.570. The van der Waals surface area contributed by atoms with Crippen molar-refractivity contribution >= 4 is 23.0 Å². The summed E-state index contributed by atoms with van der Waals surface area (Å²) in [6.45, 7) is 9.71. The predicted molar refractivity (Wildman–Crippen MR) is 69.1 cm³/mol. The van der Waals surface area contributed by atoms with Crippen molar-refractivity contribution < 1.29 is 14.3 Å². The average Bonchev–Trinajstić information content (AvgIpc) is 2.42. The maximum Gasteiger partial charge on any atom is 0.410 e. The summed E-state index contributed by atoms with van der Waals surface area (Å²) in [5.74, 6) is 0. The Hall–Kier alpha value is -0.710. The van der Waals surface area contributed by atoms with Crippen LogP contribution >= 0.6 is 11.8 Å². The van der Waals surface area contributed by atoms with Crippen LogP contribution in [0.3, 0.4) is 0 Å². The molecule has 4 nitrogen and oxygen atoms in total. The highest BCUT2D eigenvalue weighted by molar-refractivity contribution is 8.14. The number of rotatable bonds is 1. The van der Waals surface area contributed by atoms with Gasteiger partial charge in [0.1, 0.15) is 5.60 Å². The molecule has 0 aromatic carbocycles. The third-order valence-corrected chi connectivity index (χ3v) is 3.50. The molecule has 2 unspecified atom stereocenters. The van der Waals surface area contributed by atoms with Crippen LogP contribution in [-0.4, -0.2) is 39.5 Å². The molecule has 0 saturated carbocycles. The molecule has 98 valence electrons. The fourth-order valence-electron chi connectivity index (χ4n) is 1.88. The standard InChI is InChI=1S/C12H21NO3S/c1-8-6-10(17-9(2)14)7-13(8)11(15)16-12(3,4)5/h8,10H,6-7H2,1-5H3. The first-order valence-electron chi connectivity index (χ1n) is 5.86. The van der Waals surface area contributed by atoms with Crippen LogP contribution in [0.4, 0.5) is 4.79 Å². The lowest BCUT2D eigenvalue weighted by Crippen LogP contribution is -2.39. The van der Waals surface area contributed by atoms with Crippen molar-refractivity contribution in [2.45, 2.75) is 57.9 Å². The molecule has 1 rings (SSSR count). The van der Waals surface area contributed by atoms with E-state index in [2.05, 4.69) is 0 Å². The van der Waals surface area contributed by atoms with Crippen molar-refractivity contribution in [1.82, 2.24) is 4.90 Å². The van der Waals surface area contributed by atoms with Crippen molar-refractivity contribution in [2.24, 2.45) is 0 Å². The van der Waals surface area contributed by atoms with Crippen molar-refractivity contribution in [3.63, 3.8) is 0 Å². The van der Waals surface area contributed by atoms with E-state index in [1.54, 1.807) is 11.8 Å². The second-order valence-electron chi connectivity index (χ2n) is 5.45. The van der Waals surface area contributed by atoms with Gasteiger partial charge in [-0.05, 0) is 34.1 Å². The zero-order valence-electron chi connectivity index (χ0n) is 11.1. The minimum absolute atomic E-state index is 0.105. The van der Waals surface area contributed by atoms with E-state index in [0.29, 0.717) is 6.54 Å². The number of hydrogen-bond donors (Lipinski definition) is 0. The SMILES string of the molecule is CC(=O)SC1CC(C)N(C(=O)OC(C)(C)C)C1. The van der Waals surface area contributed by atoms with Crippen LogP contribution in [0.5, 0.6) is 0 Å². The lowest BCUT2D eigenvalue weighted by molar-refractivity contribution is -0.109. The second-order valence-corrected chi connectivity index (χ2v) is 6.93. The zero-order chi connectivity index (χ0) is 13.2. The maximum absolute atomic E-state index is 11.9. The lowest BCUT2D eigenvalue weighted by atomic mass is 10.2. The summed E-state index contributed by atoms with van der Waals surface area (Å²) in [6, 6.07) is 0.140. The molecule has 0 aliphatic carbocycles. The number of thioether (sulfide) groups is 1. The van der Waals surface area contributed by atoms with Gasteiger partial charge in [0.05, 0.1) is 0 Å². The molecule has 0 aromatic heterocycles. The first-order valence-corrected chi connectivity index (χ1v) is 6.74. The predicted octanol–water partition coefficient (Wildman–Crippen LogP) is 2.66. The van der Waals surface area contributed by atoms with Crippen LogP contribution in [0.1, 0.15) is 41.0 Å². The minimum Gasteiger partial charge on any atom is -0.444 e. The molecular weight excluding hydrogens is 238 g/mol. The topological polar surface area (TPSA) is 46.6 Å². The van der Waals surface area contributed by atoms with Gasteiger partial charge in [0.15, 0.2) is 5.12 Å². The molecule has 2 atom stereocenters. The van der Waals surface area contributed by atoms with E-state index in [-0.39, 0.29) is 22.5 Å². The van der Waals surface area contributed by atoms with E-state index < -0.39 is 5.60 Å². The number of ether oxygens (including phenoxy) is 1. The highest BCUT2D eigenvalue weighted by Gasteiger charge is 2.35. The quantitative estimate of drug-likeness (QED) is 0.726. The molecule has 1 fully saturated rings. The second kappa shape index (κ2) is 5.29.